The lowest BCUT2D eigenvalue weighted by Gasteiger charge is -2.36. The van der Waals surface area contributed by atoms with Crippen molar-refractivity contribution in [1.29, 1.82) is 0 Å². The summed E-state index contributed by atoms with van der Waals surface area (Å²) in [6.45, 7) is 2.71. The van der Waals surface area contributed by atoms with Crippen molar-refractivity contribution in [2.45, 2.75) is 0 Å². The van der Waals surface area contributed by atoms with Gasteiger partial charge in [0.15, 0.2) is 0 Å². The highest BCUT2D eigenvalue weighted by atomic mass is 19.1. The molecule has 8 heteroatoms. The van der Waals surface area contributed by atoms with Crippen molar-refractivity contribution in [2.75, 3.05) is 36.4 Å². The fraction of sp³-hybridized carbons (Fsp3) is 0.190. The van der Waals surface area contributed by atoms with Crippen LogP contribution < -0.4 is 10.2 Å². The Hall–Kier alpha value is -3.55. The second-order valence-corrected chi connectivity index (χ2v) is 6.66. The molecule has 2 aromatic carbocycles. The van der Waals surface area contributed by atoms with E-state index < -0.39 is 11.6 Å². The molecule has 0 saturated carbocycles. The molecule has 1 aliphatic heterocycles. The molecule has 1 aromatic heterocycles. The molecule has 0 radical (unpaired) electrons. The summed E-state index contributed by atoms with van der Waals surface area (Å²) < 4.78 is 26.7. The van der Waals surface area contributed by atoms with E-state index in [1.165, 1.54) is 18.5 Å². The summed E-state index contributed by atoms with van der Waals surface area (Å²) in [6, 6.07) is 13.3. The Labute approximate surface area is 166 Å². The molecule has 0 bridgehead atoms. The van der Waals surface area contributed by atoms with Crippen LogP contribution in [0.2, 0.25) is 0 Å². The molecule has 0 spiro atoms. The Morgan fingerprint density at radius 3 is 2.28 bits per heavy atom. The summed E-state index contributed by atoms with van der Waals surface area (Å²) in [7, 11) is 0. The zero-order valence-electron chi connectivity index (χ0n) is 15.6. The third-order valence-electron chi connectivity index (χ3n) is 4.76. The number of anilines is 3. The largest absolute Gasteiger partial charge is 0.368 e. The molecule has 148 valence electrons. The maximum absolute atomic E-state index is 13.7. The van der Waals surface area contributed by atoms with Gasteiger partial charge in [-0.25, -0.2) is 18.7 Å². The van der Waals surface area contributed by atoms with Crippen LogP contribution in [-0.2, 0) is 0 Å². The number of nitrogens with one attached hydrogen (secondary N) is 1. The van der Waals surface area contributed by atoms with Crippen LogP contribution >= 0.6 is 0 Å². The van der Waals surface area contributed by atoms with Crippen LogP contribution in [0.5, 0.6) is 0 Å². The van der Waals surface area contributed by atoms with Gasteiger partial charge >= 0.3 is 0 Å². The number of carbonyl (C=O) groups excluding carboxylic acids is 1. The summed E-state index contributed by atoms with van der Waals surface area (Å²) in [5.74, 6) is -1.43. The minimum absolute atomic E-state index is 0.0579. The predicted octanol–water partition coefficient (Wildman–Crippen LogP) is 3.46. The van der Waals surface area contributed by atoms with Gasteiger partial charge in [-0.2, -0.15) is 0 Å². The maximum atomic E-state index is 13.7. The van der Waals surface area contributed by atoms with Crippen molar-refractivity contribution >= 4 is 23.2 Å². The van der Waals surface area contributed by atoms with Gasteiger partial charge in [-0.3, -0.25) is 4.79 Å². The van der Waals surface area contributed by atoms with Gasteiger partial charge in [0.2, 0.25) is 5.95 Å². The number of carbonyl (C=O) groups is 1. The van der Waals surface area contributed by atoms with E-state index in [9.17, 15) is 13.6 Å². The van der Waals surface area contributed by atoms with E-state index in [1.807, 2.05) is 18.2 Å². The van der Waals surface area contributed by atoms with E-state index >= 15 is 0 Å². The van der Waals surface area contributed by atoms with Crippen LogP contribution in [0.3, 0.4) is 0 Å². The molecule has 0 atom stereocenters. The number of para-hydroxylation sites is 1. The molecule has 1 fully saturated rings. The predicted molar refractivity (Wildman–Crippen MR) is 106 cm³/mol. The number of piperazine rings is 1. The first-order valence-corrected chi connectivity index (χ1v) is 9.23. The average molecular weight is 395 g/mol. The van der Waals surface area contributed by atoms with Gasteiger partial charge in [0, 0.05) is 50.3 Å². The zero-order valence-corrected chi connectivity index (χ0v) is 15.6. The fourth-order valence-corrected chi connectivity index (χ4v) is 3.20. The molecule has 1 saturated heterocycles. The molecule has 0 unspecified atom stereocenters. The van der Waals surface area contributed by atoms with Crippen LogP contribution in [-0.4, -0.2) is 47.0 Å². The van der Waals surface area contributed by atoms with E-state index in [1.54, 1.807) is 4.90 Å². The van der Waals surface area contributed by atoms with Crippen molar-refractivity contribution in [3.63, 3.8) is 0 Å². The Balaban J connectivity index is 1.37. The molecule has 6 nitrogen and oxygen atoms in total. The van der Waals surface area contributed by atoms with Gasteiger partial charge in [-0.1, -0.05) is 18.2 Å². The first-order chi connectivity index (χ1) is 14.1. The third-order valence-corrected chi connectivity index (χ3v) is 4.76. The molecule has 4 rings (SSSR count). The first kappa shape index (κ1) is 18.8. The Kier molecular flexibility index (Phi) is 5.33. The average Bonchev–Trinajstić information content (AvgIpc) is 2.76. The van der Waals surface area contributed by atoms with Crippen LogP contribution in [0.15, 0.2) is 60.9 Å². The van der Waals surface area contributed by atoms with Crippen molar-refractivity contribution in [3.8, 4) is 0 Å². The summed E-state index contributed by atoms with van der Waals surface area (Å²) in [4.78, 5) is 24.9. The van der Waals surface area contributed by atoms with Crippen LogP contribution in [0.4, 0.5) is 26.1 Å². The third kappa shape index (κ3) is 4.31. The SMILES string of the molecule is O=C(c1cnc(Nc2ccc(F)cc2F)nc1)N1CCN(c2ccccc2)CC1. The molecule has 0 aliphatic carbocycles. The van der Waals surface area contributed by atoms with Gasteiger partial charge in [0.05, 0.1) is 11.3 Å². The molecular weight excluding hydrogens is 376 g/mol. The summed E-state index contributed by atoms with van der Waals surface area (Å²) in [6.07, 6.45) is 2.81. The summed E-state index contributed by atoms with van der Waals surface area (Å²) >= 11 is 0. The van der Waals surface area contributed by atoms with E-state index in [4.69, 9.17) is 0 Å². The lowest BCUT2D eigenvalue weighted by molar-refractivity contribution is 0.0746. The van der Waals surface area contributed by atoms with Gasteiger partial charge in [-0.15, -0.1) is 0 Å². The lowest BCUT2D eigenvalue weighted by atomic mass is 10.2. The number of hydrogen-bond donors (Lipinski definition) is 1. The number of halogens is 2. The minimum atomic E-state index is -0.745. The summed E-state index contributed by atoms with van der Waals surface area (Å²) in [5, 5.41) is 2.67. The Morgan fingerprint density at radius 1 is 0.931 bits per heavy atom. The molecule has 3 aromatic rings. The molecular formula is C21H19F2N5O. The molecule has 2 heterocycles. The zero-order chi connectivity index (χ0) is 20.2. The summed E-state index contributed by atoms with van der Waals surface area (Å²) in [5.41, 5.74) is 1.57. The molecule has 1 aliphatic rings. The number of aromatic nitrogens is 2. The second-order valence-electron chi connectivity index (χ2n) is 6.66. The number of rotatable bonds is 4. The number of hydrogen-bond acceptors (Lipinski definition) is 5. The van der Waals surface area contributed by atoms with E-state index in [-0.39, 0.29) is 17.5 Å². The second kappa shape index (κ2) is 8.22. The highest BCUT2D eigenvalue weighted by molar-refractivity contribution is 5.94. The van der Waals surface area contributed by atoms with E-state index in [0.29, 0.717) is 18.7 Å². The topological polar surface area (TPSA) is 61.4 Å². The van der Waals surface area contributed by atoms with Gasteiger partial charge in [-0.05, 0) is 24.3 Å². The number of nitrogens with zero attached hydrogens (tertiary/aromatic N) is 4. The van der Waals surface area contributed by atoms with Crippen molar-refractivity contribution in [2.24, 2.45) is 0 Å². The molecule has 1 N–H and O–H groups in total. The van der Waals surface area contributed by atoms with Crippen molar-refractivity contribution in [3.05, 3.63) is 78.1 Å². The maximum Gasteiger partial charge on any atom is 0.257 e. The quantitative estimate of drug-likeness (QED) is 0.733. The first-order valence-electron chi connectivity index (χ1n) is 9.23. The fourth-order valence-electron chi connectivity index (χ4n) is 3.20. The monoisotopic (exact) mass is 395 g/mol. The van der Waals surface area contributed by atoms with Gasteiger partial charge in [0.1, 0.15) is 11.6 Å². The minimum Gasteiger partial charge on any atom is -0.368 e. The normalized spacial score (nSPS) is 14.0. The number of amides is 1. The Morgan fingerprint density at radius 2 is 1.62 bits per heavy atom. The van der Waals surface area contributed by atoms with Crippen molar-refractivity contribution < 1.29 is 13.6 Å². The van der Waals surface area contributed by atoms with Gasteiger partial charge in [0.25, 0.3) is 5.91 Å². The van der Waals surface area contributed by atoms with E-state index in [0.717, 1.165) is 30.9 Å². The lowest BCUT2D eigenvalue weighted by Crippen LogP contribution is -2.48. The molecule has 1 amide bonds. The van der Waals surface area contributed by atoms with Crippen LogP contribution in [0, 0.1) is 11.6 Å². The Bertz CT molecular complexity index is 990. The van der Waals surface area contributed by atoms with Gasteiger partial charge < -0.3 is 15.1 Å². The standard InChI is InChI=1S/C21H19F2N5O/c22-16-6-7-19(18(23)12-16)26-21-24-13-15(14-25-21)20(29)28-10-8-27(9-11-28)17-4-2-1-3-5-17/h1-7,12-14H,8-11H2,(H,24,25,26). The number of benzene rings is 2. The van der Waals surface area contributed by atoms with E-state index in [2.05, 4.69) is 32.3 Å². The van der Waals surface area contributed by atoms with Crippen molar-refractivity contribution in [1.82, 2.24) is 14.9 Å². The molecule has 29 heavy (non-hydrogen) atoms. The highest BCUT2D eigenvalue weighted by Crippen LogP contribution is 2.19. The van der Waals surface area contributed by atoms with Crippen LogP contribution in [0.1, 0.15) is 10.4 Å². The highest BCUT2D eigenvalue weighted by Gasteiger charge is 2.22. The van der Waals surface area contributed by atoms with Crippen LogP contribution in [0.25, 0.3) is 0 Å². The smallest absolute Gasteiger partial charge is 0.257 e.